The lowest BCUT2D eigenvalue weighted by Crippen LogP contribution is -2.33. The van der Waals surface area contributed by atoms with Crippen molar-refractivity contribution in [1.29, 1.82) is 0 Å². The number of nitrogens with one attached hydrogen (secondary N) is 1. The van der Waals surface area contributed by atoms with Crippen molar-refractivity contribution in [2.45, 2.75) is 38.9 Å². The normalized spacial score (nSPS) is 18.0. The molecule has 0 aromatic heterocycles. The topological polar surface area (TPSA) is 63.1 Å². The highest BCUT2D eigenvalue weighted by molar-refractivity contribution is 9.10. The predicted molar refractivity (Wildman–Crippen MR) is 136 cm³/mol. The van der Waals surface area contributed by atoms with E-state index in [9.17, 15) is 5.11 Å². The van der Waals surface area contributed by atoms with Gasteiger partial charge in [-0.3, -0.25) is 10.3 Å². The summed E-state index contributed by atoms with van der Waals surface area (Å²) in [6, 6.07) is 20.0. The van der Waals surface area contributed by atoms with Gasteiger partial charge >= 0.3 is 0 Å². The maximum atomic E-state index is 11.0. The van der Waals surface area contributed by atoms with Crippen LogP contribution in [-0.4, -0.2) is 24.5 Å². The number of ether oxygens (including phenoxy) is 2. The lowest BCUT2D eigenvalue weighted by Gasteiger charge is -2.32. The molecule has 0 fully saturated rings. The monoisotopic (exact) mass is 508 g/mol. The zero-order valence-corrected chi connectivity index (χ0v) is 20.7. The van der Waals surface area contributed by atoms with E-state index in [0.717, 1.165) is 39.0 Å². The Labute approximate surface area is 203 Å². The SMILES string of the molecule is CCOc1cccc([C@@H]2CC(c3ccc(CC)cc3)=N[C@H](c3cc(Br)ccc3OC)N2)c1O. The van der Waals surface area contributed by atoms with E-state index < -0.39 is 0 Å². The minimum absolute atomic E-state index is 0.155. The molecule has 1 aliphatic rings. The molecule has 2 atom stereocenters. The third-order valence-electron chi connectivity index (χ3n) is 5.93. The molecule has 5 nitrogen and oxygen atoms in total. The quantitative estimate of drug-likeness (QED) is 0.390. The number of halogens is 1. The number of aromatic hydroxyl groups is 1. The van der Waals surface area contributed by atoms with Crippen LogP contribution >= 0.6 is 15.9 Å². The molecule has 6 heteroatoms. The summed E-state index contributed by atoms with van der Waals surface area (Å²) in [5, 5.41) is 14.6. The van der Waals surface area contributed by atoms with Crippen molar-refractivity contribution in [1.82, 2.24) is 5.32 Å². The summed E-state index contributed by atoms with van der Waals surface area (Å²) in [7, 11) is 1.67. The van der Waals surface area contributed by atoms with Crippen LogP contribution in [0.3, 0.4) is 0 Å². The maximum absolute atomic E-state index is 11.0. The van der Waals surface area contributed by atoms with Crippen LogP contribution in [0.2, 0.25) is 0 Å². The van der Waals surface area contributed by atoms with E-state index in [1.165, 1.54) is 5.56 Å². The van der Waals surface area contributed by atoms with E-state index in [0.29, 0.717) is 18.8 Å². The molecular weight excluding hydrogens is 480 g/mol. The van der Waals surface area contributed by atoms with E-state index in [1.807, 2.05) is 37.3 Å². The lowest BCUT2D eigenvalue weighted by atomic mass is 9.92. The molecule has 0 unspecified atom stereocenters. The number of hydrogen-bond donors (Lipinski definition) is 2. The first-order chi connectivity index (χ1) is 16.0. The summed E-state index contributed by atoms with van der Waals surface area (Å²) >= 11 is 3.58. The first kappa shape index (κ1) is 23.3. The molecule has 0 bridgehead atoms. The van der Waals surface area contributed by atoms with Crippen molar-refractivity contribution < 1.29 is 14.6 Å². The fourth-order valence-electron chi connectivity index (χ4n) is 4.18. The summed E-state index contributed by atoms with van der Waals surface area (Å²) in [5.41, 5.74) is 5.07. The maximum Gasteiger partial charge on any atom is 0.162 e. The molecule has 0 saturated carbocycles. The largest absolute Gasteiger partial charge is 0.504 e. The van der Waals surface area contributed by atoms with Gasteiger partial charge in [0.05, 0.1) is 13.7 Å². The fourth-order valence-corrected chi connectivity index (χ4v) is 4.56. The Kier molecular flexibility index (Phi) is 7.36. The second-order valence-corrected chi connectivity index (χ2v) is 8.88. The Morgan fingerprint density at radius 3 is 2.52 bits per heavy atom. The Balaban J connectivity index is 1.79. The van der Waals surface area contributed by atoms with E-state index in [2.05, 4.69) is 52.4 Å². The van der Waals surface area contributed by atoms with Crippen LogP contribution < -0.4 is 14.8 Å². The molecule has 0 aliphatic carbocycles. The van der Waals surface area contributed by atoms with E-state index in [-0.39, 0.29) is 18.0 Å². The molecule has 0 radical (unpaired) electrons. The minimum atomic E-state index is -0.341. The van der Waals surface area contributed by atoms with Crippen LogP contribution in [0.4, 0.5) is 0 Å². The third kappa shape index (κ3) is 5.07. The summed E-state index contributed by atoms with van der Waals surface area (Å²) in [4.78, 5) is 5.08. The van der Waals surface area contributed by atoms with Crippen LogP contribution in [0.25, 0.3) is 0 Å². The van der Waals surface area contributed by atoms with Gasteiger partial charge in [0, 0.05) is 33.8 Å². The molecule has 0 spiro atoms. The van der Waals surface area contributed by atoms with Crippen LogP contribution in [-0.2, 0) is 6.42 Å². The molecule has 172 valence electrons. The lowest BCUT2D eigenvalue weighted by molar-refractivity contribution is 0.313. The van der Waals surface area contributed by atoms with Gasteiger partial charge in [0.2, 0.25) is 0 Å². The second-order valence-electron chi connectivity index (χ2n) is 7.97. The fraction of sp³-hybridized carbons (Fsp3) is 0.296. The molecule has 4 rings (SSSR count). The Bertz CT molecular complexity index is 1140. The summed E-state index contributed by atoms with van der Waals surface area (Å²) in [6.45, 7) is 4.55. The average molecular weight is 509 g/mol. The molecule has 3 aromatic carbocycles. The van der Waals surface area contributed by atoms with E-state index in [1.54, 1.807) is 13.2 Å². The van der Waals surface area contributed by atoms with Crippen LogP contribution in [0, 0.1) is 0 Å². The van der Waals surface area contributed by atoms with Crippen molar-refractivity contribution in [3.8, 4) is 17.2 Å². The third-order valence-corrected chi connectivity index (χ3v) is 6.42. The molecule has 3 aromatic rings. The molecule has 1 heterocycles. The highest BCUT2D eigenvalue weighted by atomic mass is 79.9. The Morgan fingerprint density at radius 2 is 1.82 bits per heavy atom. The number of para-hydroxylation sites is 1. The van der Waals surface area contributed by atoms with Crippen molar-refractivity contribution in [3.05, 3.63) is 87.4 Å². The standard InChI is InChI=1S/C27H29BrN2O3/c1-4-17-9-11-18(12-10-17)22-16-23(20-7-6-8-25(26(20)31)33-5-2)30-27(29-22)21-15-19(28)13-14-24(21)32-3/h6-15,23,27,30-31H,4-5,16H2,1-3H3/t23-,27-/m0/s1. The summed E-state index contributed by atoms with van der Waals surface area (Å²) in [6.07, 6.45) is 1.29. The van der Waals surface area contributed by atoms with Crippen molar-refractivity contribution in [3.63, 3.8) is 0 Å². The molecular formula is C27H29BrN2O3. The number of benzene rings is 3. The summed E-state index contributed by atoms with van der Waals surface area (Å²) < 4.78 is 12.2. The number of hydrogen-bond acceptors (Lipinski definition) is 5. The molecule has 1 aliphatic heterocycles. The predicted octanol–water partition coefficient (Wildman–Crippen LogP) is 6.35. The number of nitrogens with zero attached hydrogens (tertiary/aromatic N) is 1. The highest BCUT2D eigenvalue weighted by Crippen LogP contribution is 2.40. The molecule has 2 N–H and O–H groups in total. The van der Waals surface area contributed by atoms with Gasteiger partial charge in [-0.15, -0.1) is 0 Å². The number of methoxy groups -OCH3 is 1. The smallest absolute Gasteiger partial charge is 0.162 e. The van der Waals surface area contributed by atoms with Gasteiger partial charge in [0.1, 0.15) is 11.9 Å². The van der Waals surface area contributed by atoms with Crippen LogP contribution in [0.5, 0.6) is 17.2 Å². The van der Waals surface area contributed by atoms with E-state index >= 15 is 0 Å². The van der Waals surface area contributed by atoms with Gasteiger partial charge in [-0.05, 0) is 48.7 Å². The molecule has 0 saturated heterocycles. The first-order valence-corrected chi connectivity index (χ1v) is 12.0. The minimum Gasteiger partial charge on any atom is -0.504 e. The van der Waals surface area contributed by atoms with Gasteiger partial charge in [-0.2, -0.15) is 0 Å². The van der Waals surface area contributed by atoms with Crippen molar-refractivity contribution >= 4 is 21.6 Å². The first-order valence-electron chi connectivity index (χ1n) is 11.2. The number of aliphatic imine (C=N–C) groups is 1. The highest BCUT2D eigenvalue weighted by Gasteiger charge is 2.30. The van der Waals surface area contributed by atoms with Crippen molar-refractivity contribution in [2.24, 2.45) is 4.99 Å². The average Bonchev–Trinajstić information content (AvgIpc) is 2.85. The van der Waals surface area contributed by atoms with Crippen molar-refractivity contribution in [2.75, 3.05) is 13.7 Å². The number of phenols is 1. The van der Waals surface area contributed by atoms with Gasteiger partial charge < -0.3 is 14.6 Å². The van der Waals surface area contributed by atoms with Gasteiger partial charge in [-0.25, -0.2) is 0 Å². The summed E-state index contributed by atoms with van der Waals surface area (Å²) in [5.74, 6) is 1.41. The Hall–Kier alpha value is -2.83. The molecule has 33 heavy (non-hydrogen) atoms. The zero-order valence-electron chi connectivity index (χ0n) is 19.1. The number of rotatable bonds is 7. The van der Waals surface area contributed by atoms with Crippen LogP contribution in [0.15, 0.2) is 70.1 Å². The van der Waals surface area contributed by atoms with Gasteiger partial charge in [0.15, 0.2) is 11.5 Å². The molecule has 0 amide bonds. The number of phenolic OH excluding ortho intramolecular Hbond substituents is 1. The van der Waals surface area contributed by atoms with Gasteiger partial charge in [-0.1, -0.05) is 59.3 Å². The van der Waals surface area contributed by atoms with Gasteiger partial charge in [0.25, 0.3) is 0 Å². The zero-order chi connectivity index (χ0) is 23.4. The number of aryl methyl sites for hydroxylation is 1. The van der Waals surface area contributed by atoms with E-state index in [4.69, 9.17) is 14.5 Å². The second kappa shape index (κ2) is 10.4. The van der Waals surface area contributed by atoms with Crippen LogP contribution in [0.1, 0.15) is 54.7 Å². The Morgan fingerprint density at radius 1 is 1.03 bits per heavy atom.